The number of nitrogens with two attached hydrogens (primary N) is 1. The number of hydrogen-bond acceptors (Lipinski definition) is 3. The number of rotatable bonds is 4. The fourth-order valence-corrected chi connectivity index (χ4v) is 3.69. The molecule has 1 heterocycles. The first-order valence-electron chi connectivity index (χ1n) is 9.57. The summed E-state index contributed by atoms with van der Waals surface area (Å²) in [4.78, 5) is 28.0. The standard InChI is InChI=1S/C22H23FN4O2/c1-11-3-4-13(7-18(11)24)21(28)25-15-9-16(10-15)26-22(29)20-12(2)17-8-14(23)5-6-19(17)27-20/h3-8,15-16,27H,9-10,24H2,1-2H3,(H,25,28)(H,26,29). The highest BCUT2D eigenvalue weighted by Crippen LogP contribution is 2.25. The Bertz CT molecular complexity index is 1120. The lowest BCUT2D eigenvalue weighted by molar-refractivity contribution is 0.0860. The van der Waals surface area contributed by atoms with Crippen molar-refractivity contribution in [1.29, 1.82) is 0 Å². The zero-order chi connectivity index (χ0) is 20.7. The molecule has 1 fully saturated rings. The second-order valence-electron chi connectivity index (χ2n) is 7.70. The van der Waals surface area contributed by atoms with Gasteiger partial charge in [-0.05, 0) is 68.1 Å². The summed E-state index contributed by atoms with van der Waals surface area (Å²) >= 11 is 0. The molecule has 1 aliphatic rings. The summed E-state index contributed by atoms with van der Waals surface area (Å²) in [5.41, 5.74) is 9.80. The van der Waals surface area contributed by atoms with Crippen LogP contribution < -0.4 is 16.4 Å². The van der Waals surface area contributed by atoms with Gasteiger partial charge in [0.15, 0.2) is 0 Å². The SMILES string of the molecule is Cc1ccc(C(=O)NC2CC(NC(=O)c3[nH]c4ccc(F)cc4c3C)C2)cc1N. The number of aromatic amines is 1. The fourth-order valence-electron chi connectivity index (χ4n) is 3.69. The molecule has 1 aliphatic carbocycles. The number of fused-ring (bicyclic) bond motifs is 1. The van der Waals surface area contributed by atoms with Crippen LogP contribution in [0.2, 0.25) is 0 Å². The Balaban J connectivity index is 1.34. The third kappa shape index (κ3) is 3.68. The maximum Gasteiger partial charge on any atom is 0.268 e. The molecule has 0 spiro atoms. The Labute approximate surface area is 167 Å². The minimum atomic E-state index is -0.334. The topological polar surface area (TPSA) is 100 Å². The van der Waals surface area contributed by atoms with Crippen LogP contribution in [0.15, 0.2) is 36.4 Å². The summed E-state index contributed by atoms with van der Waals surface area (Å²) in [6, 6.07) is 9.64. The maximum absolute atomic E-state index is 13.5. The largest absolute Gasteiger partial charge is 0.398 e. The monoisotopic (exact) mass is 394 g/mol. The van der Waals surface area contributed by atoms with Crippen LogP contribution in [0.3, 0.4) is 0 Å². The van der Waals surface area contributed by atoms with E-state index < -0.39 is 0 Å². The molecule has 3 aromatic rings. The van der Waals surface area contributed by atoms with E-state index in [2.05, 4.69) is 15.6 Å². The second kappa shape index (κ2) is 7.24. The molecule has 0 radical (unpaired) electrons. The van der Waals surface area contributed by atoms with Gasteiger partial charge < -0.3 is 21.4 Å². The number of anilines is 1. The van der Waals surface area contributed by atoms with E-state index in [0.717, 1.165) is 16.6 Å². The first kappa shape index (κ1) is 19.0. The molecular formula is C22H23FN4O2. The van der Waals surface area contributed by atoms with Crippen molar-refractivity contribution in [2.24, 2.45) is 0 Å². The van der Waals surface area contributed by atoms with Crippen LogP contribution in [0.25, 0.3) is 10.9 Å². The Morgan fingerprint density at radius 2 is 1.72 bits per heavy atom. The van der Waals surface area contributed by atoms with Crippen LogP contribution in [0.1, 0.15) is 44.8 Å². The fraction of sp³-hybridized carbons (Fsp3) is 0.273. The van der Waals surface area contributed by atoms with Crippen LogP contribution in [-0.4, -0.2) is 28.9 Å². The first-order chi connectivity index (χ1) is 13.8. The van der Waals surface area contributed by atoms with Crippen molar-refractivity contribution < 1.29 is 14.0 Å². The van der Waals surface area contributed by atoms with E-state index in [0.29, 0.717) is 35.2 Å². The van der Waals surface area contributed by atoms with Gasteiger partial charge in [-0.15, -0.1) is 0 Å². The number of nitrogen functional groups attached to an aromatic ring is 1. The molecule has 7 heteroatoms. The van der Waals surface area contributed by atoms with E-state index in [1.165, 1.54) is 12.1 Å². The normalized spacial score (nSPS) is 18.3. The zero-order valence-electron chi connectivity index (χ0n) is 16.3. The predicted molar refractivity (Wildman–Crippen MR) is 110 cm³/mol. The van der Waals surface area contributed by atoms with Gasteiger partial charge in [-0.3, -0.25) is 9.59 Å². The van der Waals surface area contributed by atoms with Gasteiger partial charge in [0, 0.05) is 34.2 Å². The van der Waals surface area contributed by atoms with Gasteiger partial charge in [0.05, 0.1) is 0 Å². The van der Waals surface area contributed by atoms with Crippen LogP contribution in [-0.2, 0) is 0 Å². The Hall–Kier alpha value is -3.35. The number of carbonyl (C=O) groups is 2. The number of aryl methyl sites for hydroxylation is 2. The van der Waals surface area contributed by atoms with Crippen molar-refractivity contribution in [1.82, 2.24) is 15.6 Å². The molecule has 0 saturated heterocycles. The molecule has 4 rings (SSSR count). The Kier molecular flexibility index (Phi) is 4.74. The lowest BCUT2D eigenvalue weighted by atomic mass is 9.86. The molecule has 6 nitrogen and oxygen atoms in total. The summed E-state index contributed by atoms with van der Waals surface area (Å²) < 4.78 is 13.5. The Morgan fingerprint density at radius 1 is 1.03 bits per heavy atom. The molecule has 29 heavy (non-hydrogen) atoms. The van der Waals surface area contributed by atoms with Crippen LogP contribution in [0.4, 0.5) is 10.1 Å². The number of nitrogens with one attached hydrogen (secondary N) is 3. The van der Waals surface area contributed by atoms with Gasteiger partial charge >= 0.3 is 0 Å². The van der Waals surface area contributed by atoms with Crippen LogP contribution >= 0.6 is 0 Å². The summed E-state index contributed by atoms with van der Waals surface area (Å²) in [5, 5.41) is 6.64. The summed E-state index contributed by atoms with van der Waals surface area (Å²) in [6.07, 6.45) is 1.32. The van der Waals surface area contributed by atoms with E-state index in [1.54, 1.807) is 25.1 Å². The van der Waals surface area contributed by atoms with E-state index in [-0.39, 0.29) is 29.7 Å². The molecule has 2 aromatic carbocycles. The number of amides is 2. The summed E-state index contributed by atoms with van der Waals surface area (Å²) in [7, 11) is 0. The van der Waals surface area contributed by atoms with Crippen molar-refractivity contribution in [3.63, 3.8) is 0 Å². The minimum absolute atomic E-state index is 0.00762. The van der Waals surface area contributed by atoms with Gasteiger partial charge in [-0.25, -0.2) is 4.39 Å². The van der Waals surface area contributed by atoms with E-state index in [1.807, 2.05) is 13.0 Å². The highest BCUT2D eigenvalue weighted by Gasteiger charge is 2.32. The molecule has 150 valence electrons. The average molecular weight is 394 g/mol. The Morgan fingerprint density at radius 3 is 2.41 bits per heavy atom. The third-order valence-corrected chi connectivity index (χ3v) is 5.60. The number of hydrogen-bond donors (Lipinski definition) is 4. The van der Waals surface area contributed by atoms with Gasteiger partial charge in [0.25, 0.3) is 11.8 Å². The molecule has 2 amide bonds. The number of H-pyrrole nitrogens is 1. The summed E-state index contributed by atoms with van der Waals surface area (Å²) in [5.74, 6) is -0.723. The second-order valence-corrected chi connectivity index (χ2v) is 7.70. The highest BCUT2D eigenvalue weighted by atomic mass is 19.1. The number of benzene rings is 2. The maximum atomic E-state index is 13.5. The van der Waals surface area contributed by atoms with E-state index in [9.17, 15) is 14.0 Å². The molecule has 0 bridgehead atoms. The molecular weight excluding hydrogens is 371 g/mol. The quantitative estimate of drug-likeness (QED) is 0.511. The van der Waals surface area contributed by atoms with Gasteiger partial charge in [0.1, 0.15) is 11.5 Å². The van der Waals surface area contributed by atoms with Crippen molar-refractivity contribution in [3.8, 4) is 0 Å². The van der Waals surface area contributed by atoms with Crippen molar-refractivity contribution in [2.75, 3.05) is 5.73 Å². The predicted octanol–water partition coefficient (Wildman–Crippen LogP) is 3.20. The molecule has 0 atom stereocenters. The molecule has 0 unspecified atom stereocenters. The van der Waals surface area contributed by atoms with Crippen molar-refractivity contribution in [3.05, 3.63) is 64.6 Å². The van der Waals surface area contributed by atoms with Gasteiger partial charge in [-0.1, -0.05) is 6.07 Å². The lowest BCUT2D eigenvalue weighted by Gasteiger charge is -2.36. The van der Waals surface area contributed by atoms with Gasteiger partial charge in [-0.2, -0.15) is 0 Å². The van der Waals surface area contributed by atoms with E-state index in [4.69, 9.17) is 5.73 Å². The molecule has 1 saturated carbocycles. The van der Waals surface area contributed by atoms with Crippen molar-refractivity contribution >= 4 is 28.4 Å². The smallest absolute Gasteiger partial charge is 0.268 e. The third-order valence-electron chi connectivity index (χ3n) is 5.60. The number of halogens is 1. The number of carbonyl (C=O) groups excluding carboxylic acids is 2. The first-order valence-corrected chi connectivity index (χ1v) is 9.57. The lowest BCUT2D eigenvalue weighted by Crippen LogP contribution is -2.53. The van der Waals surface area contributed by atoms with Crippen LogP contribution in [0.5, 0.6) is 0 Å². The number of aromatic nitrogens is 1. The highest BCUT2D eigenvalue weighted by molar-refractivity contribution is 6.01. The average Bonchev–Trinajstić information content (AvgIpc) is 2.98. The zero-order valence-corrected chi connectivity index (χ0v) is 16.3. The summed E-state index contributed by atoms with van der Waals surface area (Å²) in [6.45, 7) is 3.69. The van der Waals surface area contributed by atoms with Crippen LogP contribution in [0, 0.1) is 19.7 Å². The van der Waals surface area contributed by atoms with E-state index >= 15 is 0 Å². The molecule has 5 N–H and O–H groups in total. The molecule has 0 aliphatic heterocycles. The minimum Gasteiger partial charge on any atom is -0.398 e. The van der Waals surface area contributed by atoms with Gasteiger partial charge in [0.2, 0.25) is 0 Å². The van der Waals surface area contributed by atoms with Crippen molar-refractivity contribution in [2.45, 2.75) is 38.8 Å². The molecule has 1 aromatic heterocycles.